The molecule has 0 aliphatic heterocycles. The van der Waals surface area contributed by atoms with E-state index in [1.54, 1.807) is 11.8 Å². The van der Waals surface area contributed by atoms with Gasteiger partial charge in [0, 0.05) is 6.42 Å². The predicted molar refractivity (Wildman–Crippen MR) is 63.7 cm³/mol. The van der Waals surface area contributed by atoms with Crippen LogP contribution in [0.15, 0.2) is 41.0 Å². The second-order valence-corrected chi connectivity index (χ2v) is 4.16. The molecule has 0 N–H and O–H groups in total. The van der Waals surface area contributed by atoms with E-state index >= 15 is 0 Å². The van der Waals surface area contributed by atoms with Gasteiger partial charge in [0.05, 0.1) is 0 Å². The quantitative estimate of drug-likeness (QED) is 0.763. The SMILES string of the molecule is CSC1=CC=C(Oc2c#cccc2)CC1. The second kappa shape index (κ2) is 4.95. The van der Waals surface area contributed by atoms with Crippen molar-refractivity contribution in [1.82, 2.24) is 0 Å². The van der Waals surface area contributed by atoms with Gasteiger partial charge in [-0.15, -0.1) is 11.8 Å². The molecular weight excluding hydrogens is 204 g/mol. The summed E-state index contributed by atoms with van der Waals surface area (Å²) < 4.78 is 5.67. The zero-order chi connectivity index (χ0) is 10.5. The van der Waals surface area contributed by atoms with Gasteiger partial charge in [-0.25, -0.2) is 0 Å². The zero-order valence-corrected chi connectivity index (χ0v) is 9.43. The summed E-state index contributed by atoms with van der Waals surface area (Å²) in [5, 5.41) is 0. The largest absolute Gasteiger partial charge is 0.453 e. The molecule has 0 unspecified atom stereocenters. The molecule has 0 saturated carbocycles. The van der Waals surface area contributed by atoms with E-state index in [1.807, 2.05) is 24.3 Å². The summed E-state index contributed by atoms with van der Waals surface area (Å²) >= 11 is 1.80. The maximum Gasteiger partial charge on any atom is 0.177 e. The Morgan fingerprint density at radius 1 is 1.33 bits per heavy atom. The smallest absolute Gasteiger partial charge is 0.177 e. The summed E-state index contributed by atoms with van der Waals surface area (Å²) in [6.45, 7) is 0. The van der Waals surface area contributed by atoms with Gasteiger partial charge in [-0.2, -0.15) is 0 Å². The molecule has 0 bridgehead atoms. The Morgan fingerprint density at radius 3 is 2.87 bits per heavy atom. The molecule has 0 fully saturated rings. The summed E-state index contributed by atoms with van der Waals surface area (Å²) in [6, 6.07) is 11.4. The molecule has 1 aromatic carbocycles. The molecule has 0 spiro atoms. The average molecular weight is 216 g/mol. The molecule has 15 heavy (non-hydrogen) atoms. The minimum atomic E-state index is 0.741. The Labute approximate surface area is 94.8 Å². The molecule has 0 atom stereocenters. The van der Waals surface area contributed by atoms with E-state index in [2.05, 4.69) is 24.5 Å². The molecular formula is C13H12OS. The Balaban J connectivity index is 2.03. The molecule has 0 saturated heterocycles. The second-order valence-electron chi connectivity index (χ2n) is 3.23. The third-order valence-corrected chi connectivity index (χ3v) is 3.06. The van der Waals surface area contributed by atoms with Crippen LogP contribution in [0.2, 0.25) is 0 Å². The maximum absolute atomic E-state index is 5.67. The lowest BCUT2D eigenvalue weighted by Gasteiger charge is -2.13. The molecule has 1 nitrogen and oxygen atoms in total. The molecule has 76 valence electrons. The average Bonchev–Trinajstić information content (AvgIpc) is 2.31. The lowest BCUT2D eigenvalue weighted by molar-refractivity contribution is 0.402. The van der Waals surface area contributed by atoms with Gasteiger partial charge in [0.25, 0.3) is 0 Å². The van der Waals surface area contributed by atoms with Crippen molar-refractivity contribution >= 4 is 11.8 Å². The maximum atomic E-state index is 5.67. The van der Waals surface area contributed by atoms with E-state index in [-0.39, 0.29) is 0 Å². The highest BCUT2D eigenvalue weighted by molar-refractivity contribution is 8.02. The van der Waals surface area contributed by atoms with E-state index < -0.39 is 0 Å². The first-order chi connectivity index (χ1) is 7.38. The Bertz CT molecular complexity index is 379. The number of hydrogen-bond donors (Lipinski definition) is 0. The van der Waals surface area contributed by atoms with Crippen LogP contribution in [0.5, 0.6) is 5.75 Å². The van der Waals surface area contributed by atoms with Crippen LogP contribution in [0, 0.1) is 12.1 Å². The first-order valence-corrected chi connectivity index (χ1v) is 6.11. The standard InChI is InChI=1S/C13H12OS/c1-15-13-9-7-12(8-10-13)14-11-5-3-2-4-6-11/h2-3,5,7,9H,8,10H2,1H3. The summed E-state index contributed by atoms with van der Waals surface area (Å²) in [4.78, 5) is 1.41. The Hall–Kier alpha value is -1.33. The van der Waals surface area contributed by atoms with Crippen molar-refractivity contribution in [2.24, 2.45) is 0 Å². The minimum Gasteiger partial charge on any atom is -0.453 e. The number of hydrogen-bond acceptors (Lipinski definition) is 2. The van der Waals surface area contributed by atoms with Crippen molar-refractivity contribution < 1.29 is 4.74 Å². The fourth-order valence-corrected chi connectivity index (χ4v) is 1.90. The van der Waals surface area contributed by atoms with Gasteiger partial charge in [0.2, 0.25) is 0 Å². The highest BCUT2D eigenvalue weighted by Gasteiger charge is 2.07. The van der Waals surface area contributed by atoms with Gasteiger partial charge in [-0.1, -0.05) is 6.07 Å². The van der Waals surface area contributed by atoms with E-state index in [1.165, 1.54) is 4.91 Å². The van der Waals surface area contributed by atoms with E-state index in [9.17, 15) is 0 Å². The number of ether oxygens (including phenoxy) is 1. The number of allylic oxidation sites excluding steroid dienone is 4. The molecule has 2 heteroatoms. The molecule has 1 aliphatic carbocycles. The van der Waals surface area contributed by atoms with Gasteiger partial charge in [-0.05, 0) is 54.0 Å². The van der Waals surface area contributed by atoms with E-state index in [4.69, 9.17) is 4.74 Å². The van der Waals surface area contributed by atoms with Crippen molar-refractivity contribution in [3.05, 3.63) is 53.1 Å². The highest BCUT2D eigenvalue weighted by Crippen LogP contribution is 2.26. The minimum absolute atomic E-state index is 0.741. The van der Waals surface area contributed by atoms with Gasteiger partial charge in [-0.3, -0.25) is 0 Å². The molecule has 1 aromatic rings. The van der Waals surface area contributed by atoms with Crippen molar-refractivity contribution in [1.29, 1.82) is 0 Å². The molecule has 0 radical (unpaired) electrons. The first kappa shape index (κ1) is 10.2. The molecule has 2 rings (SSSR count). The van der Waals surface area contributed by atoms with Crippen molar-refractivity contribution in [2.45, 2.75) is 12.8 Å². The molecule has 0 aromatic heterocycles. The van der Waals surface area contributed by atoms with Crippen LogP contribution in [0.4, 0.5) is 0 Å². The van der Waals surface area contributed by atoms with Crippen LogP contribution in [-0.2, 0) is 0 Å². The van der Waals surface area contributed by atoms with E-state index in [0.717, 1.165) is 24.4 Å². The van der Waals surface area contributed by atoms with Crippen LogP contribution >= 0.6 is 11.8 Å². The van der Waals surface area contributed by atoms with Gasteiger partial charge in [0.1, 0.15) is 5.76 Å². The lowest BCUT2D eigenvalue weighted by Crippen LogP contribution is -1.98. The number of rotatable bonds is 3. The van der Waals surface area contributed by atoms with E-state index in [0.29, 0.717) is 0 Å². The molecule has 1 aliphatic rings. The highest BCUT2D eigenvalue weighted by atomic mass is 32.2. The lowest BCUT2D eigenvalue weighted by atomic mass is 10.1. The zero-order valence-electron chi connectivity index (χ0n) is 8.62. The first-order valence-electron chi connectivity index (χ1n) is 4.88. The summed E-state index contributed by atoms with van der Waals surface area (Å²) in [5.41, 5.74) is 0. The molecule has 0 amide bonds. The van der Waals surface area contributed by atoms with Crippen molar-refractivity contribution in [3.63, 3.8) is 0 Å². The summed E-state index contributed by atoms with van der Waals surface area (Å²) in [7, 11) is 0. The van der Waals surface area contributed by atoms with Crippen molar-refractivity contribution in [3.8, 4) is 5.75 Å². The third-order valence-electron chi connectivity index (χ3n) is 2.20. The van der Waals surface area contributed by atoms with Crippen LogP contribution in [0.3, 0.4) is 0 Å². The fourth-order valence-electron chi connectivity index (χ4n) is 1.39. The molecule has 0 heterocycles. The predicted octanol–water partition coefficient (Wildman–Crippen LogP) is 3.59. The summed E-state index contributed by atoms with van der Waals surface area (Å²) in [6.07, 6.45) is 8.30. The third kappa shape index (κ3) is 2.81. The fraction of sp³-hybridized carbons (Fsp3) is 0.231. The Kier molecular flexibility index (Phi) is 3.37. The van der Waals surface area contributed by atoms with Crippen LogP contribution in [0.1, 0.15) is 12.8 Å². The van der Waals surface area contributed by atoms with Crippen LogP contribution in [0.25, 0.3) is 0 Å². The Morgan fingerprint density at radius 2 is 2.27 bits per heavy atom. The van der Waals surface area contributed by atoms with Crippen LogP contribution in [-0.4, -0.2) is 6.26 Å². The van der Waals surface area contributed by atoms with Gasteiger partial charge >= 0.3 is 0 Å². The van der Waals surface area contributed by atoms with Gasteiger partial charge < -0.3 is 4.74 Å². The van der Waals surface area contributed by atoms with Gasteiger partial charge in [0.15, 0.2) is 5.75 Å². The van der Waals surface area contributed by atoms with Crippen molar-refractivity contribution in [2.75, 3.05) is 6.26 Å². The normalized spacial score (nSPS) is 15.0. The monoisotopic (exact) mass is 216 g/mol. The van der Waals surface area contributed by atoms with Crippen LogP contribution < -0.4 is 4.74 Å². The topological polar surface area (TPSA) is 9.23 Å². The summed E-state index contributed by atoms with van der Waals surface area (Å²) in [5.74, 6) is 1.74. The number of thioether (sulfide) groups is 1.